The molecule has 0 radical (unpaired) electrons. The molecule has 1 aromatic carbocycles. The summed E-state index contributed by atoms with van der Waals surface area (Å²) in [6, 6.07) is 1.47. The van der Waals surface area contributed by atoms with Crippen molar-refractivity contribution in [1.29, 1.82) is 0 Å². The van der Waals surface area contributed by atoms with Crippen LogP contribution < -0.4 is 5.56 Å². The van der Waals surface area contributed by atoms with E-state index in [-0.39, 0.29) is 11.4 Å². The van der Waals surface area contributed by atoms with Gasteiger partial charge in [-0.2, -0.15) is 0 Å². The molecule has 0 aliphatic carbocycles. The van der Waals surface area contributed by atoms with Crippen LogP contribution in [0.2, 0.25) is 0 Å². The highest BCUT2D eigenvalue weighted by Crippen LogP contribution is 2.25. The van der Waals surface area contributed by atoms with Gasteiger partial charge in [0.2, 0.25) is 0 Å². The van der Waals surface area contributed by atoms with Gasteiger partial charge in [0.15, 0.2) is 5.82 Å². The first kappa shape index (κ1) is 12.9. The molecule has 0 atom stereocenters. The van der Waals surface area contributed by atoms with Crippen molar-refractivity contribution >= 4 is 22.5 Å². The van der Waals surface area contributed by atoms with Crippen molar-refractivity contribution in [3.05, 3.63) is 45.2 Å². The molecule has 1 heterocycles. The Labute approximate surface area is 103 Å². The summed E-state index contributed by atoms with van der Waals surface area (Å²) in [6.07, 6.45) is -3.06. The number of aromatic amines is 1. The molecule has 2 rings (SSSR count). The van der Waals surface area contributed by atoms with Crippen molar-refractivity contribution in [3.63, 3.8) is 0 Å². The molecular weight excluding hydrogens is 274 g/mol. The lowest BCUT2D eigenvalue weighted by Gasteiger charge is -2.07. The number of alkyl halides is 3. The maximum absolute atomic E-state index is 13.8. The Morgan fingerprint density at radius 2 is 1.94 bits per heavy atom. The average molecular weight is 280 g/mol. The standard InChI is InChI=1S/C11H6ClF4NO/c12-3-4-1-7(13)5-2-6(10(15)16)11(18)17-9(5)8(4)14/h1-2,10H,3H2,(H,17,18). The lowest BCUT2D eigenvalue weighted by molar-refractivity contribution is 0.150. The second-order valence-electron chi connectivity index (χ2n) is 3.61. The monoisotopic (exact) mass is 279 g/mol. The van der Waals surface area contributed by atoms with E-state index in [1.165, 1.54) is 0 Å². The summed E-state index contributed by atoms with van der Waals surface area (Å²) in [5.74, 6) is -2.13. The molecule has 0 aliphatic rings. The zero-order chi connectivity index (χ0) is 13.4. The van der Waals surface area contributed by atoms with Gasteiger partial charge in [-0.05, 0) is 12.1 Å². The first-order chi connectivity index (χ1) is 8.45. The molecular formula is C11H6ClF4NO. The maximum Gasteiger partial charge on any atom is 0.269 e. The number of pyridine rings is 1. The molecule has 0 saturated heterocycles. The molecule has 7 heteroatoms. The Morgan fingerprint density at radius 3 is 2.50 bits per heavy atom. The summed E-state index contributed by atoms with van der Waals surface area (Å²) in [5.41, 5.74) is -2.66. The van der Waals surface area contributed by atoms with Crippen molar-refractivity contribution in [3.8, 4) is 0 Å². The van der Waals surface area contributed by atoms with Crippen LogP contribution in [0.15, 0.2) is 16.9 Å². The van der Waals surface area contributed by atoms with Crippen LogP contribution in [0.3, 0.4) is 0 Å². The molecule has 0 spiro atoms. The number of rotatable bonds is 2. The predicted octanol–water partition coefficient (Wildman–Crippen LogP) is 3.48. The largest absolute Gasteiger partial charge is 0.319 e. The van der Waals surface area contributed by atoms with Crippen LogP contribution in [-0.2, 0) is 5.88 Å². The van der Waals surface area contributed by atoms with Crippen molar-refractivity contribution < 1.29 is 17.6 Å². The molecule has 0 saturated carbocycles. The fourth-order valence-electron chi connectivity index (χ4n) is 1.62. The number of H-pyrrole nitrogens is 1. The second-order valence-corrected chi connectivity index (χ2v) is 3.88. The third-order valence-electron chi connectivity index (χ3n) is 2.51. The Morgan fingerprint density at radius 1 is 1.28 bits per heavy atom. The highest BCUT2D eigenvalue weighted by molar-refractivity contribution is 6.17. The van der Waals surface area contributed by atoms with Gasteiger partial charge in [0.25, 0.3) is 12.0 Å². The lowest BCUT2D eigenvalue weighted by atomic mass is 10.1. The van der Waals surface area contributed by atoms with Crippen LogP contribution in [0.4, 0.5) is 17.6 Å². The number of hydrogen-bond donors (Lipinski definition) is 1. The van der Waals surface area contributed by atoms with Gasteiger partial charge >= 0.3 is 0 Å². The molecule has 0 aliphatic heterocycles. The van der Waals surface area contributed by atoms with Gasteiger partial charge in [0.05, 0.1) is 17.0 Å². The predicted molar refractivity (Wildman–Crippen MR) is 59.0 cm³/mol. The van der Waals surface area contributed by atoms with E-state index in [0.717, 1.165) is 6.07 Å². The van der Waals surface area contributed by atoms with Gasteiger partial charge in [-0.1, -0.05) is 0 Å². The van der Waals surface area contributed by atoms with Gasteiger partial charge in [-0.15, -0.1) is 11.6 Å². The van der Waals surface area contributed by atoms with Gasteiger partial charge in [0, 0.05) is 10.9 Å². The number of halogens is 5. The summed E-state index contributed by atoms with van der Waals surface area (Å²) in [7, 11) is 0. The van der Waals surface area contributed by atoms with E-state index in [1.807, 2.05) is 4.98 Å². The van der Waals surface area contributed by atoms with Crippen LogP contribution in [0.1, 0.15) is 17.6 Å². The number of aromatic nitrogens is 1. The van der Waals surface area contributed by atoms with Gasteiger partial charge in [-0.3, -0.25) is 4.79 Å². The fraction of sp³-hybridized carbons (Fsp3) is 0.182. The van der Waals surface area contributed by atoms with Crippen LogP contribution in [0, 0.1) is 11.6 Å². The van der Waals surface area contributed by atoms with E-state index in [1.54, 1.807) is 0 Å². The lowest BCUT2D eigenvalue weighted by Crippen LogP contribution is -2.14. The molecule has 2 aromatic rings. The Kier molecular flexibility index (Phi) is 3.30. The minimum atomic E-state index is -3.06. The number of nitrogens with one attached hydrogen (secondary N) is 1. The smallest absolute Gasteiger partial charge is 0.269 e. The average Bonchev–Trinajstić information content (AvgIpc) is 2.32. The Balaban J connectivity index is 2.88. The molecule has 0 fully saturated rings. The summed E-state index contributed by atoms with van der Waals surface area (Å²) in [4.78, 5) is 13.2. The SMILES string of the molecule is O=c1[nH]c2c(F)c(CCl)cc(F)c2cc1C(F)F. The van der Waals surface area contributed by atoms with E-state index < -0.39 is 40.1 Å². The molecule has 96 valence electrons. The summed E-state index contributed by atoms with van der Waals surface area (Å²) < 4.78 is 52.3. The van der Waals surface area contributed by atoms with Crippen molar-refractivity contribution in [1.82, 2.24) is 4.98 Å². The fourth-order valence-corrected chi connectivity index (χ4v) is 1.82. The van der Waals surface area contributed by atoms with E-state index in [2.05, 4.69) is 0 Å². The van der Waals surface area contributed by atoms with E-state index in [0.29, 0.717) is 6.07 Å². The minimum Gasteiger partial charge on any atom is -0.319 e. The van der Waals surface area contributed by atoms with Crippen molar-refractivity contribution in [2.24, 2.45) is 0 Å². The van der Waals surface area contributed by atoms with E-state index >= 15 is 0 Å². The summed E-state index contributed by atoms with van der Waals surface area (Å²) in [6.45, 7) is 0. The van der Waals surface area contributed by atoms with Crippen molar-refractivity contribution in [2.75, 3.05) is 0 Å². The Bertz CT molecular complexity index is 668. The summed E-state index contributed by atoms with van der Waals surface area (Å²) >= 11 is 5.41. The van der Waals surface area contributed by atoms with Crippen LogP contribution >= 0.6 is 11.6 Å². The zero-order valence-corrected chi connectivity index (χ0v) is 9.49. The number of fused-ring (bicyclic) bond motifs is 1. The first-order valence-electron chi connectivity index (χ1n) is 4.83. The highest BCUT2D eigenvalue weighted by atomic mass is 35.5. The van der Waals surface area contributed by atoms with Crippen molar-refractivity contribution in [2.45, 2.75) is 12.3 Å². The second kappa shape index (κ2) is 4.61. The molecule has 2 nitrogen and oxygen atoms in total. The third-order valence-corrected chi connectivity index (χ3v) is 2.80. The molecule has 1 N–H and O–H groups in total. The molecule has 18 heavy (non-hydrogen) atoms. The molecule has 1 aromatic heterocycles. The van der Waals surface area contributed by atoms with Gasteiger partial charge < -0.3 is 4.98 Å². The third kappa shape index (κ3) is 1.96. The van der Waals surface area contributed by atoms with Crippen LogP contribution in [-0.4, -0.2) is 4.98 Å². The maximum atomic E-state index is 13.8. The van der Waals surface area contributed by atoms with Gasteiger partial charge in [0.1, 0.15) is 5.82 Å². The molecule has 0 unspecified atom stereocenters. The number of hydrogen-bond acceptors (Lipinski definition) is 1. The Hall–Kier alpha value is -1.56. The molecule has 0 bridgehead atoms. The molecule has 0 amide bonds. The zero-order valence-electron chi connectivity index (χ0n) is 8.74. The minimum absolute atomic E-state index is 0.151. The van der Waals surface area contributed by atoms with Crippen LogP contribution in [0.5, 0.6) is 0 Å². The summed E-state index contributed by atoms with van der Waals surface area (Å²) in [5, 5.41) is -0.406. The number of benzene rings is 1. The van der Waals surface area contributed by atoms with E-state index in [9.17, 15) is 22.4 Å². The van der Waals surface area contributed by atoms with E-state index in [4.69, 9.17) is 11.6 Å². The topological polar surface area (TPSA) is 32.9 Å². The van der Waals surface area contributed by atoms with Crippen LogP contribution in [0.25, 0.3) is 10.9 Å². The highest BCUT2D eigenvalue weighted by Gasteiger charge is 2.18. The first-order valence-corrected chi connectivity index (χ1v) is 5.37. The normalized spacial score (nSPS) is 11.4. The van der Waals surface area contributed by atoms with Gasteiger partial charge in [-0.25, -0.2) is 17.6 Å². The quantitative estimate of drug-likeness (QED) is 0.662.